The zero-order valence-corrected chi connectivity index (χ0v) is 17.8. The van der Waals surface area contributed by atoms with Gasteiger partial charge in [0, 0.05) is 27.8 Å². The van der Waals surface area contributed by atoms with Gasteiger partial charge in [-0.2, -0.15) is 0 Å². The van der Waals surface area contributed by atoms with E-state index in [1.807, 2.05) is 30.3 Å². The number of hydrogen-bond donors (Lipinski definition) is 1. The molecule has 0 radical (unpaired) electrons. The summed E-state index contributed by atoms with van der Waals surface area (Å²) in [6.07, 6.45) is 0. The highest BCUT2D eigenvalue weighted by molar-refractivity contribution is 7.92. The zero-order chi connectivity index (χ0) is 21.2. The molecule has 0 atom stereocenters. The topological polar surface area (TPSA) is 77.4 Å². The van der Waals surface area contributed by atoms with Crippen molar-refractivity contribution in [1.82, 2.24) is 4.57 Å². The average Bonchev–Trinajstić information content (AvgIpc) is 2.95. The fraction of sp³-hybridized carbons (Fsp3) is 0.190. The number of para-hydroxylation sites is 1. The summed E-state index contributed by atoms with van der Waals surface area (Å²) < 4.78 is 36.0. The Hall–Kier alpha value is -2.77. The number of hydrogen-bond acceptors (Lipinski definition) is 4. The van der Waals surface area contributed by atoms with Gasteiger partial charge in [0.15, 0.2) is 0 Å². The molecule has 0 bridgehead atoms. The number of esters is 1. The molecular formula is C21H21ClN2O4S. The molecule has 0 fully saturated rings. The monoisotopic (exact) mass is 432 g/mol. The molecule has 8 heteroatoms. The van der Waals surface area contributed by atoms with E-state index >= 15 is 0 Å². The number of nitrogens with one attached hydrogen (secondary N) is 1. The van der Waals surface area contributed by atoms with E-state index in [0.29, 0.717) is 22.1 Å². The Morgan fingerprint density at radius 2 is 1.66 bits per heavy atom. The van der Waals surface area contributed by atoms with E-state index < -0.39 is 16.0 Å². The second kappa shape index (κ2) is 8.31. The predicted molar refractivity (Wildman–Crippen MR) is 113 cm³/mol. The number of aromatic nitrogens is 1. The Balaban J connectivity index is 2.20. The van der Waals surface area contributed by atoms with Crippen LogP contribution in [0.3, 0.4) is 0 Å². The summed E-state index contributed by atoms with van der Waals surface area (Å²) in [6.45, 7) is 5.18. The number of halogens is 1. The van der Waals surface area contributed by atoms with Gasteiger partial charge in [0.1, 0.15) is 10.5 Å². The summed E-state index contributed by atoms with van der Waals surface area (Å²) in [5, 5.41) is 0.488. The normalized spacial score (nSPS) is 11.3. The van der Waals surface area contributed by atoms with Crippen molar-refractivity contribution in [1.29, 1.82) is 0 Å². The average molecular weight is 433 g/mol. The number of nitrogens with zero attached hydrogens (tertiary/aromatic N) is 1. The molecule has 0 spiro atoms. The number of sulfonamides is 1. The summed E-state index contributed by atoms with van der Waals surface area (Å²) in [7, 11) is -4.08. The summed E-state index contributed by atoms with van der Waals surface area (Å²) in [5.41, 5.74) is 2.02. The summed E-state index contributed by atoms with van der Waals surface area (Å²) in [5.74, 6) is -0.681. The third kappa shape index (κ3) is 4.16. The minimum atomic E-state index is -4.08. The zero-order valence-electron chi connectivity index (χ0n) is 16.3. The number of benzene rings is 2. The van der Waals surface area contributed by atoms with Crippen molar-refractivity contribution in [3.05, 3.63) is 76.6 Å². The molecule has 3 aromatic rings. The number of ether oxygens (including phenoxy) is 1. The van der Waals surface area contributed by atoms with E-state index in [1.54, 1.807) is 49.6 Å². The molecule has 2 aromatic carbocycles. The lowest BCUT2D eigenvalue weighted by atomic mass is 10.2. The molecule has 29 heavy (non-hydrogen) atoms. The van der Waals surface area contributed by atoms with E-state index in [1.165, 1.54) is 0 Å². The summed E-state index contributed by atoms with van der Waals surface area (Å²) in [4.78, 5) is 12.6. The maximum Gasteiger partial charge on any atom is 0.341 e. The molecule has 0 saturated heterocycles. The van der Waals surface area contributed by atoms with E-state index in [9.17, 15) is 13.2 Å². The second-order valence-corrected chi connectivity index (χ2v) is 8.43. The number of carbonyl (C=O) groups excluding carboxylic acids is 1. The molecule has 1 heterocycles. The molecule has 1 N–H and O–H groups in total. The molecule has 6 nitrogen and oxygen atoms in total. The molecule has 152 valence electrons. The Bertz CT molecular complexity index is 1140. The fourth-order valence-corrected chi connectivity index (χ4v) is 4.93. The first-order chi connectivity index (χ1) is 13.8. The SMILES string of the molecule is CCOC(=O)c1c(S(=O)(=O)Nc2ccc(Cl)cc2)c(C)n(-c2ccccc2)c1C. The molecule has 0 aliphatic rings. The van der Waals surface area contributed by atoms with Gasteiger partial charge in [-0.1, -0.05) is 29.8 Å². The minimum Gasteiger partial charge on any atom is -0.462 e. The highest BCUT2D eigenvalue weighted by atomic mass is 35.5. The van der Waals surface area contributed by atoms with Gasteiger partial charge in [-0.25, -0.2) is 13.2 Å². The first-order valence-electron chi connectivity index (χ1n) is 8.99. The van der Waals surface area contributed by atoms with Crippen LogP contribution in [0.15, 0.2) is 59.5 Å². The Kier molecular flexibility index (Phi) is 6.00. The Morgan fingerprint density at radius 3 is 2.24 bits per heavy atom. The number of carbonyl (C=O) groups is 1. The van der Waals surface area contributed by atoms with Crippen molar-refractivity contribution in [2.24, 2.45) is 0 Å². The van der Waals surface area contributed by atoms with Crippen molar-refractivity contribution < 1.29 is 17.9 Å². The van der Waals surface area contributed by atoms with E-state index in [2.05, 4.69) is 4.72 Å². The van der Waals surface area contributed by atoms with E-state index in [0.717, 1.165) is 5.69 Å². The van der Waals surface area contributed by atoms with Gasteiger partial charge in [-0.15, -0.1) is 0 Å². The van der Waals surface area contributed by atoms with Gasteiger partial charge in [-0.05, 0) is 57.2 Å². The van der Waals surface area contributed by atoms with Crippen LogP contribution in [0, 0.1) is 13.8 Å². The molecule has 0 amide bonds. The molecule has 0 unspecified atom stereocenters. The van der Waals surface area contributed by atoms with Crippen LogP contribution in [0.25, 0.3) is 5.69 Å². The van der Waals surface area contributed by atoms with Crippen molar-refractivity contribution in [3.8, 4) is 5.69 Å². The highest BCUT2D eigenvalue weighted by Crippen LogP contribution is 2.32. The van der Waals surface area contributed by atoms with Crippen molar-refractivity contribution in [2.75, 3.05) is 11.3 Å². The van der Waals surface area contributed by atoms with Gasteiger partial charge in [-0.3, -0.25) is 4.72 Å². The third-order valence-corrected chi connectivity index (χ3v) is 6.24. The molecule has 0 aliphatic heterocycles. The maximum atomic E-state index is 13.3. The van der Waals surface area contributed by atoms with Crippen LogP contribution in [0.1, 0.15) is 28.7 Å². The van der Waals surface area contributed by atoms with Crippen molar-refractivity contribution in [2.45, 2.75) is 25.7 Å². The van der Waals surface area contributed by atoms with Crippen molar-refractivity contribution in [3.63, 3.8) is 0 Å². The summed E-state index contributed by atoms with van der Waals surface area (Å²) >= 11 is 5.88. The lowest BCUT2D eigenvalue weighted by molar-refractivity contribution is 0.0521. The standard InChI is InChI=1S/C21H21ClN2O4S/c1-4-28-21(25)19-14(2)24(18-8-6-5-7-9-18)15(3)20(19)29(26,27)23-17-12-10-16(22)11-13-17/h5-13,23H,4H2,1-3H3. The van der Waals surface area contributed by atoms with Crippen LogP contribution < -0.4 is 4.72 Å². The second-order valence-electron chi connectivity index (χ2n) is 6.38. The smallest absolute Gasteiger partial charge is 0.341 e. The molecule has 3 rings (SSSR count). The highest BCUT2D eigenvalue weighted by Gasteiger charge is 2.33. The van der Waals surface area contributed by atoms with Gasteiger partial charge < -0.3 is 9.30 Å². The summed E-state index contributed by atoms with van der Waals surface area (Å²) in [6, 6.07) is 15.5. The molecule has 0 saturated carbocycles. The van der Waals surface area contributed by atoms with Gasteiger partial charge in [0.25, 0.3) is 10.0 Å². The number of rotatable bonds is 6. The predicted octanol–water partition coefficient (Wildman–Crippen LogP) is 4.73. The first kappa shape index (κ1) is 21.0. The van der Waals surface area contributed by atoms with Crippen LogP contribution in [-0.4, -0.2) is 25.6 Å². The lowest BCUT2D eigenvalue weighted by Crippen LogP contribution is -2.18. The fourth-order valence-electron chi connectivity index (χ4n) is 3.27. The molecular weight excluding hydrogens is 412 g/mol. The first-order valence-corrected chi connectivity index (χ1v) is 10.8. The molecule has 1 aromatic heterocycles. The van der Waals surface area contributed by atoms with Gasteiger partial charge in [0.2, 0.25) is 0 Å². The maximum absolute atomic E-state index is 13.3. The van der Waals surface area contributed by atoms with Crippen LogP contribution in [-0.2, 0) is 14.8 Å². The number of anilines is 1. The minimum absolute atomic E-state index is 0.0228. The van der Waals surface area contributed by atoms with E-state index in [4.69, 9.17) is 16.3 Å². The Labute approximate surface area is 175 Å². The Morgan fingerprint density at radius 1 is 1.03 bits per heavy atom. The van der Waals surface area contributed by atoms with Crippen LogP contribution in [0.4, 0.5) is 5.69 Å². The van der Waals surface area contributed by atoms with Crippen LogP contribution >= 0.6 is 11.6 Å². The quantitative estimate of drug-likeness (QED) is 0.571. The largest absolute Gasteiger partial charge is 0.462 e. The van der Waals surface area contributed by atoms with Gasteiger partial charge >= 0.3 is 5.97 Å². The van der Waals surface area contributed by atoms with E-state index in [-0.39, 0.29) is 17.1 Å². The van der Waals surface area contributed by atoms with Gasteiger partial charge in [0.05, 0.1) is 6.61 Å². The van der Waals surface area contributed by atoms with Crippen LogP contribution in [0.2, 0.25) is 5.02 Å². The van der Waals surface area contributed by atoms with Crippen molar-refractivity contribution >= 4 is 33.3 Å². The lowest BCUT2D eigenvalue weighted by Gasteiger charge is -2.11. The van der Waals surface area contributed by atoms with Crippen LogP contribution in [0.5, 0.6) is 0 Å². The third-order valence-electron chi connectivity index (χ3n) is 4.45. The molecule has 0 aliphatic carbocycles.